The van der Waals surface area contributed by atoms with Crippen molar-refractivity contribution in [1.29, 1.82) is 0 Å². The largest absolute Gasteiger partial charge is 0.481 e. The highest BCUT2D eigenvalue weighted by Crippen LogP contribution is 2.45. The first kappa shape index (κ1) is 14.9. The van der Waals surface area contributed by atoms with Gasteiger partial charge in [-0.15, -0.1) is 0 Å². The molecule has 0 radical (unpaired) electrons. The molecule has 2 rings (SSSR count). The molecule has 3 heteroatoms. The molecule has 0 amide bonds. The lowest BCUT2D eigenvalue weighted by molar-refractivity contribution is -0.137. The quantitative estimate of drug-likeness (QED) is 0.832. The van der Waals surface area contributed by atoms with E-state index in [9.17, 15) is 4.79 Å². The first-order valence-electron chi connectivity index (χ1n) is 7.43. The standard InChI is InChI=1S/C17H25NO2/c1-12-8-9-15-14(11-12)17(3,4)13(2)18(15)10-6-5-7-16(19)20/h8-9,11,13H,5-7,10H2,1-4H3,(H,19,20). The van der Waals surface area contributed by atoms with Gasteiger partial charge in [0.25, 0.3) is 0 Å². The van der Waals surface area contributed by atoms with Gasteiger partial charge < -0.3 is 10.0 Å². The van der Waals surface area contributed by atoms with Crippen LogP contribution in [0.1, 0.15) is 51.2 Å². The average Bonchev–Trinajstić information content (AvgIpc) is 2.55. The predicted molar refractivity (Wildman–Crippen MR) is 82.5 cm³/mol. The molecule has 0 saturated carbocycles. The lowest BCUT2D eigenvalue weighted by atomic mass is 9.81. The Balaban J connectivity index is 2.13. The summed E-state index contributed by atoms with van der Waals surface area (Å²) in [5.41, 5.74) is 4.19. The number of anilines is 1. The van der Waals surface area contributed by atoms with Crippen LogP contribution in [0.25, 0.3) is 0 Å². The van der Waals surface area contributed by atoms with Crippen LogP contribution in [0, 0.1) is 6.92 Å². The average molecular weight is 275 g/mol. The molecule has 0 fully saturated rings. The molecule has 0 saturated heterocycles. The molecular weight excluding hydrogens is 250 g/mol. The van der Waals surface area contributed by atoms with Gasteiger partial charge in [-0.3, -0.25) is 4.79 Å². The van der Waals surface area contributed by atoms with Crippen LogP contribution in [-0.2, 0) is 10.2 Å². The van der Waals surface area contributed by atoms with Crippen molar-refractivity contribution in [1.82, 2.24) is 0 Å². The topological polar surface area (TPSA) is 40.5 Å². The summed E-state index contributed by atoms with van der Waals surface area (Å²) >= 11 is 0. The number of hydrogen-bond donors (Lipinski definition) is 1. The molecular formula is C17H25NO2. The lowest BCUT2D eigenvalue weighted by Gasteiger charge is -2.31. The lowest BCUT2D eigenvalue weighted by Crippen LogP contribution is -2.39. The van der Waals surface area contributed by atoms with Crippen LogP contribution in [0.15, 0.2) is 18.2 Å². The van der Waals surface area contributed by atoms with Gasteiger partial charge in [-0.05, 0) is 38.3 Å². The summed E-state index contributed by atoms with van der Waals surface area (Å²) in [6, 6.07) is 7.12. The van der Waals surface area contributed by atoms with E-state index in [0.717, 1.165) is 19.4 Å². The molecule has 1 aromatic rings. The molecule has 0 bridgehead atoms. The fraction of sp³-hybridized carbons (Fsp3) is 0.588. The molecule has 1 aromatic carbocycles. The molecule has 1 unspecified atom stereocenters. The number of aryl methyl sites for hydroxylation is 1. The van der Waals surface area contributed by atoms with Crippen molar-refractivity contribution >= 4 is 11.7 Å². The maximum Gasteiger partial charge on any atom is 0.303 e. The van der Waals surface area contributed by atoms with Crippen molar-refractivity contribution < 1.29 is 9.90 Å². The number of benzene rings is 1. The highest BCUT2D eigenvalue weighted by Gasteiger charge is 2.41. The molecule has 20 heavy (non-hydrogen) atoms. The summed E-state index contributed by atoms with van der Waals surface area (Å²) in [7, 11) is 0. The van der Waals surface area contributed by atoms with Crippen LogP contribution >= 0.6 is 0 Å². The van der Waals surface area contributed by atoms with Crippen LogP contribution in [0.4, 0.5) is 5.69 Å². The second-order valence-electron chi connectivity index (χ2n) is 6.46. The monoisotopic (exact) mass is 275 g/mol. The number of carboxylic acids is 1. The molecule has 1 heterocycles. The Morgan fingerprint density at radius 2 is 2.05 bits per heavy atom. The SMILES string of the molecule is Cc1ccc2c(c1)C(C)(C)C(C)N2CCCCC(=O)O. The Morgan fingerprint density at radius 1 is 1.35 bits per heavy atom. The van der Waals surface area contributed by atoms with Gasteiger partial charge in [0.15, 0.2) is 0 Å². The molecule has 110 valence electrons. The molecule has 1 aliphatic heterocycles. The minimum atomic E-state index is -0.698. The van der Waals surface area contributed by atoms with E-state index in [1.165, 1.54) is 16.8 Å². The smallest absolute Gasteiger partial charge is 0.303 e. The zero-order chi connectivity index (χ0) is 14.9. The van der Waals surface area contributed by atoms with Gasteiger partial charge in [0.1, 0.15) is 0 Å². The summed E-state index contributed by atoms with van der Waals surface area (Å²) in [4.78, 5) is 13.0. The number of aliphatic carboxylic acids is 1. The van der Waals surface area contributed by atoms with E-state index in [2.05, 4.69) is 50.8 Å². The normalized spacial score (nSPS) is 20.0. The summed E-state index contributed by atoms with van der Waals surface area (Å²) in [6.07, 6.45) is 1.95. The summed E-state index contributed by atoms with van der Waals surface area (Å²) in [5.74, 6) is -0.698. The molecule has 1 aliphatic rings. The van der Waals surface area contributed by atoms with Gasteiger partial charge in [-0.1, -0.05) is 31.5 Å². The van der Waals surface area contributed by atoms with E-state index in [0.29, 0.717) is 6.04 Å². The second kappa shape index (κ2) is 5.47. The van der Waals surface area contributed by atoms with Crippen molar-refractivity contribution in [3.63, 3.8) is 0 Å². The van der Waals surface area contributed by atoms with E-state index >= 15 is 0 Å². The third kappa shape index (κ3) is 2.67. The molecule has 0 aliphatic carbocycles. The maximum absolute atomic E-state index is 10.6. The van der Waals surface area contributed by atoms with Gasteiger partial charge in [0.2, 0.25) is 0 Å². The van der Waals surface area contributed by atoms with Gasteiger partial charge in [-0.2, -0.15) is 0 Å². The van der Waals surface area contributed by atoms with Gasteiger partial charge in [0.05, 0.1) is 0 Å². The third-order valence-electron chi connectivity index (χ3n) is 4.71. The Kier molecular flexibility index (Phi) is 4.07. The third-order valence-corrected chi connectivity index (χ3v) is 4.71. The zero-order valence-electron chi connectivity index (χ0n) is 12.9. The molecule has 1 N–H and O–H groups in total. The minimum Gasteiger partial charge on any atom is -0.481 e. The summed E-state index contributed by atoms with van der Waals surface area (Å²) in [5, 5.41) is 8.72. The van der Waals surface area contributed by atoms with Crippen molar-refractivity contribution in [2.24, 2.45) is 0 Å². The minimum absolute atomic E-state index is 0.147. The number of nitrogens with zero attached hydrogens (tertiary/aromatic N) is 1. The number of unbranched alkanes of at least 4 members (excludes halogenated alkanes) is 1. The predicted octanol–water partition coefficient (Wildman–Crippen LogP) is 3.74. The van der Waals surface area contributed by atoms with Gasteiger partial charge >= 0.3 is 5.97 Å². The van der Waals surface area contributed by atoms with E-state index in [1.54, 1.807) is 0 Å². The Bertz CT molecular complexity index is 508. The summed E-state index contributed by atoms with van der Waals surface area (Å²) < 4.78 is 0. The van der Waals surface area contributed by atoms with Crippen LogP contribution in [-0.4, -0.2) is 23.7 Å². The van der Waals surface area contributed by atoms with Crippen LogP contribution < -0.4 is 4.90 Å². The van der Waals surface area contributed by atoms with Crippen LogP contribution in [0.2, 0.25) is 0 Å². The molecule has 0 aromatic heterocycles. The first-order valence-corrected chi connectivity index (χ1v) is 7.43. The molecule has 0 spiro atoms. The van der Waals surface area contributed by atoms with Crippen molar-refractivity contribution in [3.05, 3.63) is 29.3 Å². The second-order valence-corrected chi connectivity index (χ2v) is 6.46. The maximum atomic E-state index is 10.6. The Morgan fingerprint density at radius 3 is 2.70 bits per heavy atom. The fourth-order valence-electron chi connectivity index (χ4n) is 3.11. The van der Waals surface area contributed by atoms with E-state index in [1.807, 2.05) is 0 Å². The van der Waals surface area contributed by atoms with Crippen LogP contribution in [0.3, 0.4) is 0 Å². The highest BCUT2D eigenvalue weighted by molar-refractivity contribution is 5.66. The van der Waals surface area contributed by atoms with Crippen molar-refractivity contribution in [2.45, 2.75) is 58.4 Å². The fourth-order valence-corrected chi connectivity index (χ4v) is 3.11. The number of carboxylic acid groups (broad SMARTS) is 1. The zero-order valence-corrected chi connectivity index (χ0v) is 12.9. The van der Waals surface area contributed by atoms with Crippen molar-refractivity contribution in [3.8, 4) is 0 Å². The van der Waals surface area contributed by atoms with E-state index in [-0.39, 0.29) is 11.8 Å². The Hall–Kier alpha value is -1.51. The number of fused-ring (bicyclic) bond motifs is 1. The first-order chi connectivity index (χ1) is 9.34. The Labute approximate surface area is 121 Å². The highest BCUT2D eigenvalue weighted by atomic mass is 16.4. The summed E-state index contributed by atoms with van der Waals surface area (Å²) in [6.45, 7) is 9.94. The molecule has 3 nitrogen and oxygen atoms in total. The van der Waals surface area contributed by atoms with Crippen LogP contribution in [0.5, 0.6) is 0 Å². The molecule has 1 atom stereocenters. The van der Waals surface area contributed by atoms with E-state index < -0.39 is 5.97 Å². The van der Waals surface area contributed by atoms with Gasteiger partial charge in [-0.25, -0.2) is 0 Å². The van der Waals surface area contributed by atoms with E-state index in [4.69, 9.17) is 5.11 Å². The number of carbonyl (C=O) groups is 1. The number of rotatable bonds is 5. The van der Waals surface area contributed by atoms with Gasteiger partial charge in [0, 0.05) is 30.1 Å². The van der Waals surface area contributed by atoms with Crippen molar-refractivity contribution in [2.75, 3.05) is 11.4 Å². The number of hydrogen-bond acceptors (Lipinski definition) is 2.